The average Bonchev–Trinajstić information content (AvgIpc) is 3.19. The number of carbonyl (C=O) groups excluding carboxylic acids is 3. The number of phenolic OH excluding ortho intramolecular Hbond substituents is 2. The number of piperazine rings is 1. The van der Waals surface area contributed by atoms with Crippen LogP contribution in [0.1, 0.15) is 59.1 Å². The third kappa shape index (κ3) is 6.19. The van der Waals surface area contributed by atoms with E-state index in [1.54, 1.807) is 27.7 Å². The van der Waals surface area contributed by atoms with Gasteiger partial charge in [-0.05, 0) is 55.5 Å². The van der Waals surface area contributed by atoms with E-state index in [-0.39, 0.29) is 45.7 Å². The number of aliphatic carboxylic acids is 1. The number of aromatic nitrogens is 1. The molecule has 2 heterocycles. The van der Waals surface area contributed by atoms with Gasteiger partial charge in [0.2, 0.25) is 28.1 Å². The first kappa shape index (κ1) is 41.0. The Morgan fingerprint density at radius 2 is 1.47 bits per heavy atom. The number of nitrogens with zero attached hydrogens (tertiary/aromatic N) is 2. The summed E-state index contributed by atoms with van der Waals surface area (Å²) in [5.74, 6) is -6.46. The zero-order valence-corrected chi connectivity index (χ0v) is 33.3. The summed E-state index contributed by atoms with van der Waals surface area (Å²) in [6.07, 6.45) is 0.388. The molecule has 5 aromatic carbocycles. The molecule has 1 saturated heterocycles. The molecule has 3 atom stereocenters. The second-order valence-corrected chi connectivity index (χ2v) is 15.4. The average molecular weight is 822 g/mol. The van der Waals surface area contributed by atoms with Crippen LogP contribution in [0.3, 0.4) is 0 Å². The number of ether oxygens (including phenoxy) is 2. The minimum atomic E-state index is -1.42. The molecule has 2 amide bonds. The number of carboxylic acid groups (broad SMARTS) is 1. The normalized spacial score (nSPS) is 16.2. The van der Waals surface area contributed by atoms with Crippen LogP contribution in [-0.2, 0) is 25.7 Å². The third-order valence-electron chi connectivity index (χ3n) is 11.3. The Labute approximate surface area is 337 Å². The van der Waals surface area contributed by atoms with Crippen molar-refractivity contribution in [1.82, 2.24) is 14.8 Å². The van der Waals surface area contributed by atoms with E-state index in [0.717, 1.165) is 28.7 Å². The zero-order valence-electron chi connectivity index (χ0n) is 33.3. The lowest BCUT2D eigenvalue weighted by Crippen LogP contribution is -2.63. The minimum Gasteiger partial charge on any atom is -0.507 e. The Balaban J connectivity index is 1.55. The second kappa shape index (κ2) is 14.9. The molecule has 1 aliphatic heterocycles. The third-order valence-corrected chi connectivity index (χ3v) is 11.3. The predicted octanol–water partition coefficient (Wildman–Crippen LogP) is 2.62. The van der Waals surface area contributed by atoms with Crippen LogP contribution in [0, 0.1) is 5.92 Å². The molecule has 1 aliphatic rings. The Kier molecular flexibility index (Phi) is 10.2. The minimum absolute atomic E-state index is 0.0337. The number of hydrogen-bond acceptors (Lipinski definition) is 13. The number of nitrogens with one attached hydrogen (secondary N) is 1. The fourth-order valence-corrected chi connectivity index (χ4v) is 8.10. The summed E-state index contributed by atoms with van der Waals surface area (Å²) in [6, 6.07) is 3.56. The predicted molar refractivity (Wildman–Crippen MR) is 220 cm³/mol. The number of carboxylic acids is 1. The monoisotopic (exact) mass is 821 g/mol. The van der Waals surface area contributed by atoms with Crippen LogP contribution in [0.25, 0.3) is 53.9 Å². The molecule has 7 rings (SSSR count). The zero-order chi connectivity index (χ0) is 43.8. The van der Waals surface area contributed by atoms with Gasteiger partial charge in [-0.2, -0.15) is 0 Å². The number of amides is 2. The molecule has 0 saturated carbocycles. The number of pyridine rings is 1. The summed E-state index contributed by atoms with van der Waals surface area (Å²) >= 11 is 0. The number of benzene rings is 5. The molecule has 17 nitrogen and oxygen atoms in total. The SMILES string of the molecule is CCC(C)c1cc2c(=O)c3ccc4c(OC)c5c(=O)c6c(OC(=O)CC(C)C)ccc(O)c6c(=O)c5c(O)c4c3c(=O)c2c(=O)n1CC(=O)N1CC(C(=O)O)NC(=O)C1C. The number of fused-ring (bicyclic) bond motifs is 6. The van der Waals surface area contributed by atoms with Crippen molar-refractivity contribution in [2.75, 3.05) is 13.7 Å². The van der Waals surface area contributed by atoms with Crippen molar-refractivity contribution in [1.29, 1.82) is 0 Å². The highest BCUT2D eigenvalue weighted by molar-refractivity contribution is 6.23. The van der Waals surface area contributed by atoms with Crippen LogP contribution in [0.2, 0.25) is 0 Å². The fraction of sp³-hybridized carbons (Fsp3) is 0.326. The van der Waals surface area contributed by atoms with E-state index >= 15 is 0 Å². The van der Waals surface area contributed by atoms with Gasteiger partial charge in [0.25, 0.3) is 5.56 Å². The largest absolute Gasteiger partial charge is 0.507 e. The highest BCUT2D eigenvalue weighted by Gasteiger charge is 2.38. The maximum atomic E-state index is 14.8. The molecule has 1 fully saturated rings. The molecule has 0 bridgehead atoms. The highest BCUT2D eigenvalue weighted by atomic mass is 16.5. The topological polar surface area (TPSA) is 253 Å². The lowest BCUT2D eigenvalue weighted by Gasteiger charge is -2.36. The van der Waals surface area contributed by atoms with E-state index in [1.165, 1.54) is 25.1 Å². The van der Waals surface area contributed by atoms with Crippen molar-refractivity contribution in [2.45, 2.75) is 72.0 Å². The Bertz CT molecular complexity index is 3200. The summed E-state index contributed by atoms with van der Waals surface area (Å²) < 4.78 is 12.1. The summed E-state index contributed by atoms with van der Waals surface area (Å²) in [5.41, 5.74) is -4.80. The van der Waals surface area contributed by atoms with E-state index in [4.69, 9.17) is 9.47 Å². The molecular weight excluding hydrogens is 782 g/mol. The van der Waals surface area contributed by atoms with Gasteiger partial charge in [0.1, 0.15) is 41.6 Å². The van der Waals surface area contributed by atoms with Crippen LogP contribution in [0.4, 0.5) is 0 Å². The van der Waals surface area contributed by atoms with Gasteiger partial charge in [0.15, 0.2) is 5.43 Å². The number of aromatic hydroxyl groups is 2. The fourth-order valence-electron chi connectivity index (χ4n) is 8.10. The summed E-state index contributed by atoms with van der Waals surface area (Å²) in [7, 11) is 1.16. The first-order chi connectivity index (χ1) is 28.3. The van der Waals surface area contributed by atoms with Gasteiger partial charge in [-0.3, -0.25) is 38.4 Å². The van der Waals surface area contributed by atoms with Gasteiger partial charge in [0, 0.05) is 39.0 Å². The van der Waals surface area contributed by atoms with E-state index in [1.807, 2.05) is 0 Å². The number of methoxy groups -OCH3 is 1. The van der Waals surface area contributed by atoms with Crippen molar-refractivity contribution < 1.29 is 44.0 Å². The van der Waals surface area contributed by atoms with E-state index in [0.29, 0.717) is 6.42 Å². The molecule has 6 aromatic rings. The maximum absolute atomic E-state index is 14.8. The first-order valence-corrected chi connectivity index (χ1v) is 19.1. The van der Waals surface area contributed by atoms with Crippen molar-refractivity contribution in [3.8, 4) is 23.0 Å². The van der Waals surface area contributed by atoms with Crippen LogP contribution in [0.15, 0.2) is 54.3 Å². The van der Waals surface area contributed by atoms with Crippen molar-refractivity contribution in [3.63, 3.8) is 0 Å². The molecule has 4 N–H and O–H groups in total. The van der Waals surface area contributed by atoms with Crippen molar-refractivity contribution in [3.05, 3.63) is 87.3 Å². The molecule has 0 spiro atoms. The first-order valence-electron chi connectivity index (χ1n) is 19.1. The van der Waals surface area contributed by atoms with Crippen LogP contribution >= 0.6 is 0 Å². The lowest BCUT2D eigenvalue weighted by atomic mass is 9.91. The van der Waals surface area contributed by atoms with Gasteiger partial charge >= 0.3 is 11.9 Å². The van der Waals surface area contributed by atoms with Gasteiger partial charge < -0.3 is 39.6 Å². The molecule has 17 heteroatoms. The van der Waals surface area contributed by atoms with E-state index in [9.17, 15) is 58.5 Å². The molecule has 0 radical (unpaired) electrons. The number of phenols is 2. The quantitative estimate of drug-likeness (QED) is 0.0709. The standard InChI is InChI=1S/C43H39N3O14/c1-7-17(4)23-13-21-30(42(56)46(23)15-26(48)45-14-22(43(57)58)44-41(55)18(45)5)36(51)28-19(35(21)50)8-9-20-29(28)37(52)33-34(40(20)59-6)39(54)32-25(60-27(49)12-16(2)3)11-10-24(47)31(32)38(33)53/h8-11,13,16-18,22,47,52H,7,12,14-15H2,1-6H3,(H,44,55)(H,57,58). The second-order valence-electron chi connectivity index (χ2n) is 15.4. The number of carbonyl (C=O) groups is 4. The Hall–Kier alpha value is -7.17. The van der Waals surface area contributed by atoms with Gasteiger partial charge in [-0.25, -0.2) is 4.79 Å². The molecule has 310 valence electrons. The summed E-state index contributed by atoms with van der Waals surface area (Å²) in [5, 5.41) is 30.3. The molecule has 3 unspecified atom stereocenters. The summed E-state index contributed by atoms with van der Waals surface area (Å²) in [4.78, 5) is 124. The van der Waals surface area contributed by atoms with Crippen molar-refractivity contribution >= 4 is 77.6 Å². The number of rotatable bonds is 9. The van der Waals surface area contributed by atoms with Crippen molar-refractivity contribution in [2.24, 2.45) is 5.92 Å². The number of esters is 1. The van der Waals surface area contributed by atoms with Gasteiger partial charge in [0.05, 0.1) is 40.6 Å². The Morgan fingerprint density at radius 1 is 0.817 bits per heavy atom. The maximum Gasteiger partial charge on any atom is 0.328 e. The van der Waals surface area contributed by atoms with Crippen LogP contribution < -0.4 is 42.1 Å². The molecule has 60 heavy (non-hydrogen) atoms. The van der Waals surface area contributed by atoms with Gasteiger partial charge in [-0.15, -0.1) is 0 Å². The van der Waals surface area contributed by atoms with Crippen LogP contribution in [-0.4, -0.2) is 74.3 Å². The lowest BCUT2D eigenvalue weighted by molar-refractivity contribution is -0.151. The summed E-state index contributed by atoms with van der Waals surface area (Å²) in [6.45, 7) is 7.32. The van der Waals surface area contributed by atoms with Gasteiger partial charge in [-0.1, -0.05) is 27.7 Å². The number of hydrogen-bond donors (Lipinski definition) is 4. The molecule has 1 aromatic heterocycles. The highest BCUT2D eigenvalue weighted by Crippen LogP contribution is 2.44. The smallest absolute Gasteiger partial charge is 0.328 e. The van der Waals surface area contributed by atoms with Crippen LogP contribution in [0.5, 0.6) is 23.0 Å². The van der Waals surface area contributed by atoms with E-state index < -0.39 is 131 Å². The molecule has 0 aliphatic carbocycles. The molecular formula is C43H39N3O14. The Morgan fingerprint density at radius 3 is 2.10 bits per heavy atom. The van der Waals surface area contributed by atoms with E-state index in [2.05, 4.69) is 5.32 Å².